The summed E-state index contributed by atoms with van der Waals surface area (Å²) in [6, 6.07) is 0. The summed E-state index contributed by atoms with van der Waals surface area (Å²) in [6.07, 6.45) is 2.16. The number of amides is 1. The highest BCUT2D eigenvalue weighted by Gasteiger charge is 2.19. The molecule has 0 bridgehead atoms. The monoisotopic (exact) mass is 233 g/mol. The summed E-state index contributed by atoms with van der Waals surface area (Å²) in [5.74, 6) is 0.0497. The van der Waals surface area contributed by atoms with Gasteiger partial charge in [-0.1, -0.05) is 13.8 Å². The minimum absolute atomic E-state index is 0.0497. The van der Waals surface area contributed by atoms with Crippen LogP contribution in [0.25, 0.3) is 0 Å². The molecule has 1 amide bonds. The van der Waals surface area contributed by atoms with E-state index < -0.39 is 0 Å². The number of aliphatic hydroxyl groups excluding tert-OH is 1. The van der Waals surface area contributed by atoms with Gasteiger partial charge in [-0.2, -0.15) is 0 Å². The van der Waals surface area contributed by atoms with Crippen LogP contribution in [-0.2, 0) is 4.79 Å². The first-order chi connectivity index (χ1) is 6.87. The Balaban J connectivity index is 3.77. The van der Waals surface area contributed by atoms with Crippen molar-refractivity contribution in [2.45, 2.75) is 26.7 Å². The van der Waals surface area contributed by atoms with Crippen LogP contribution in [0.2, 0.25) is 0 Å². The molecule has 0 saturated heterocycles. The molecular weight excluding hydrogens is 209 g/mol. The van der Waals surface area contributed by atoms with Crippen molar-refractivity contribution in [3.8, 4) is 0 Å². The quantitative estimate of drug-likeness (QED) is 0.657. The first-order valence-corrected chi connectivity index (χ1v) is 7.82. The Morgan fingerprint density at radius 1 is 1.40 bits per heavy atom. The molecule has 0 unspecified atom stereocenters. The fourth-order valence-electron chi connectivity index (χ4n) is 1.58. The van der Waals surface area contributed by atoms with Crippen LogP contribution in [0.15, 0.2) is 0 Å². The van der Waals surface area contributed by atoms with Crippen LogP contribution in [0.3, 0.4) is 0 Å². The number of aliphatic hydroxyl groups is 1. The predicted molar refractivity (Wildman–Crippen MR) is 66.7 cm³/mol. The van der Waals surface area contributed by atoms with Gasteiger partial charge in [-0.3, -0.25) is 4.79 Å². The standard InChI is InChI=1S/C11H24NO2P/c1-11(2,9-15(3)4)8-12-10(14)6-5-7-13/h13H,5-9H2,1-4H3,(H,12,14). The lowest BCUT2D eigenvalue weighted by molar-refractivity contribution is -0.121. The summed E-state index contributed by atoms with van der Waals surface area (Å²) in [5, 5.41) is 11.5. The van der Waals surface area contributed by atoms with Crippen LogP contribution >= 0.6 is 7.92 Å². The van der Waals surface area contributed by atoms with Crippen molar-refractivity contribution >= 4 is 13.8 Å². The highest BCUT2D eigenvalue weighted by atomic mass is 31.1. The van der Waals surface area contributed by atoms with E-state index in [4.69, 9.17) is 5.11 Å². The van der Waals surface area contributed by atoms with E-state index in [1.54, 1.807) is 0 Å². The van der Waals surface area contributed by atoms with E-state index in [1.807, 2.05) is 0 Å². The summed E-state index contributed by atoms with van der Waals surface area (Å²) >= 11 is 0. The average Bonchev–Trinajstić information content (AvgIpc) is 2.09. The largest absolute Gasteiger partial charge is 0.396 e. The first-order valence-electron chi connectivity index (χ1n) is 5.40. The maximum atomic E-state index is 11.3. The Bertz CT molecular complexity index is 193. The van der Waals surface area contributed by atoms with E-state index in [1.165, 1.54) is 6.16 Å². The molecule has 0 aromatic rings. The molecular formula is C11H24NO2P. The lowest BCUT2D eigenvalue weighted by Crippen LogP contribution is -2.35. The molecule has 15 heavy (non-hydrogen) atoms. The number of hydrogen-bond acceptors (Lipinski definition) is 2. The predicted octanol–water partition coefficient (Wildman–Crippen LogP) is 1.64. The van der Waals surface area contributed by atoms with Crippen LogP contribution in [0.1, 0.15) is 26.7 Å². The molecule has 0 saturated carbocycles. The van der Waals surface area contributed by atoms with Crippen LogP contribution in [0.4, 0.5) is 0 Å². The third-order valence-electron chi connectivity index (χ3n) is 2.07. The molecule has 0 aliphatic carbocycles. The van der Waals surface area contributed by atoms with Crippen LogP contribution < -0.4 is 5.32 Å². The second-order valence-electron chi connectivity index (χ2n) is 5.01. The zero-order valence-corrected chi connectivity index (χ0v) is 11.2. The van der Waals surface area contributed by atoms with Crippen molar-refractivity contribution in [2.75, 3.05) is 32.6 Å². The average molecular weight is 233 g/mol. The maximum absolute atomic E-state index is 11.3. The van der Waals surface area contributed by atoms with Crippen molar-refractivity contribution in [2.24, 2.45) is 5.41 Å². The lowest BCUT2D eigenvalue weighted by atomic mass is 9.96. The molecule has 0 radical (unpaired) electrons. The van der Waals surface area contributed by atoms with Gasteiger partial charge in [-0.25, -0.2) is 0 Å². The van der Waals surface area contributed by atoms with Crippen molar-refractivity contribution < 1.29 is 9.90 Å². The number of nitrogens with one attached hydrogen (secondary N) is 1. The molecule has 0 aromatic carbocycles. The van der Waals surface area contributed by atoms with Gasteiger partial charge in [-0.15, -0.1) is 7.92 Å². The van der Waals surface area contributed by atoms with Gasteiger partial charge in [0.05, 0.1) is 0 Å². The second kappa shape index (κ2) is 7.19. The smallest absolute Gasteiger partial charge is 0.220 e. The van der Waals surface area contributed by atoms with Crippen molar-refractivity contribution in [1.82, 2.24) is 5.32 Å². The minimum Gasteiger partial charge on any atom is -0.396 e. The lowest BCUT2D eigenvalue weighted by Gasteiger charge is -2.27. The van der Waals surface area contributed by atoms with Gasteiger partial charge in [0.2, 0.25) is 5.91 Å². The SMILES string of the molecule is CP(C)CC(C)(C)CNC(=O)CCCO. The van der Waals surface area contributed by atoms with E-state index in [0.717, 1.165) is 6.54 Å². The summed E-state index contributed by atoms with van der Waals surface area (Å²) in [4.78, 5) is 11.3. The molecule has 0 heterocycles. The highest BCUT2D eigenvalue weighted by molar-refractivity contribution is 7.56. The third-order valence-corrected chi connectivity index (χ3v) is 3.56. The summed E-state index contributed by atoms with van der Waals surface area (Å²) in [5.41, 5.74) is 0.185. The Morgan fingerprint density at radius 2 is 2.00 bits per heavy atom. The molecule has 4 heteroatoms. The molecule has 0 aliphatic heterocycles. The number of carbonyl (C=O) groups excluding carboxylic acids is 1. The summed E-state index contributed by atoms with van der Waals surface area (Å²) in [6.45, 7) is 9.70. The van der Waals surface area contributed by atoms with Crippen molar-refractivity contribution in [3.63, 3.8) is 0 Å². The molecule has 0 aliphatic rings. The van der Waals surface area contributed by atoms with Crippen molar-refractivity contribution in [3.05, 3.63) is 0 Å². The second-order valence-corrected chi connectivity index (χ2v) is 7.48. The molecule has 3 nitrogen and oxygen atoms in total. The zero-order chi connectivity index (χ0) is 11.9. The van der Waals surface area contributed by atoms with Gasteiger partial charge in [0, 0.05) is 19.6 Å². The summed E-state index contributed by atoms with van der Waals surface area (Å²) in [7, 11) is 0.0784. The van der Waals surface area contributed by atoms with E-state index in [-0.39, 0.29) is 25.9 Å². The summed E-state index contributed by atoms with van der Waals surface area (Å²) < 4.78 is 0. The van der Waals surface area contributed by atoms with Crippen LogP contribution in [0, 0.1) is 5.41 Å². The molecule has 0 atom stereocenters. The fraction of sp³-hybridized carbons (Fsp3) is 0.909. The van der Waals surface area contributed by atoms with Crippen LogP contribution in [0.5, 0.6) is 0 Å². The van der Waals surface area contributed by atoms with Gasteiger partial charge in [0.25, 0.3) is 0 Å². The van der Waals surface area contributed by atoms with E-state index in [0.29, 0.717) is 12.8 Å². The van der Waals surface area contributed by atoms with Gasteiger partial charge in [-0.05, 0) is 31.3 Å². The topological polar surface area (TPSA) is 49.3 Å². The van der Waals surface area contributed by atoms with Gasteiger partial charge in [0.1, 0.15) is 0 Å². The van der Waals surface area contributed by atoms with Gasteiger partial charge < -0.3 is 10.4 Å². The van der Waals surface area contributed by atoms with E-state index in [9.17, 15) is 4.79 Å². The van der Waals surface area contributed by atoms with E-state index >= 15 is 0 Å². The number of carbonyl (C=O) groups is 1. The maximum Gasteiger partial charge on any atom is 0.220 e. The number of rotatable bonds is 7. The molecule has 0 rings (SSSR count). The van der Waals surface area contributed by atoms with Gasteiger partial charge >= 0.3 is 0 Å². The zero-order valence-electron chi connectivity index (χ0n) is 10.3. The highest BCUT2D eigenvalue weighted by Crippen LogP contribution is 2.33. The Hall–Kier alpha value is -0.140. The van der Waals surface area contributed by atoms with E-state index in [2.05, 4.69) is 32.5 Å². The fourth-order valence-corrected chi connectivity index (χ4v) is 3.40. The molecule has 0 spiro atoms. The van der Waals surface area contributed by atoms with Crippen LogP contribution in [-0.4, -0.2) is 43.7 Å². The normalized spacial score (nSPS) is 11.9. The molecule has 0 aromatic heterocycles. The molecule has 0 fully saturated rings. The minimum atomic E-state index is 0.0497. The van der Waals surface area contributed by atoms with Crippen molar-refractivity contribution in [1.29, 1.82) is 0 Å². The Kier molecular flexibility index (Phi) is 7.12. The molecule has 90 valence electrons. The Morgan fingerprint density at radius 3 is 2.47 bits per heavy atom. The first kappa shape index (κ1) is 14.9. The third kappa shape index (κ3) is 8.83. The molecule has 2 N–H and O–H groups in total. The Labute approximate surface area is 94.4 Å². The van der Waals surface area contributed by atoms with Gasteiger partial charge in [0.15, 0.2) is 0 Å². The number of hydrogen-bond donors (Lipinski definition) is 2.